The van der Waals surface area contributed by atoms with Crippen LogP contribution in [0.2, 0.25) is 0 Å². The van der Waals surface area contributed by atoms with Crippen LogP contribution in [0, 0.1) is 5.92 Å². The number of hydrogen-bond acceptors (Lipinski definition) is 6. The summed E-state index contributed by atoms with van der Waals surface area (Å²) in [6.07, 6.45) is 8.48. The first kappa shape index (κ1) is 13.9. The van der Waals surface area contributed by atoms with Crippen molar-refractivity contribution in [2.75, 3.05) is 13.1 Å². The van der Waals surface area contributed by atoms with Crippen LogP contribution in [0.25, 0.3) is 0 Å². The second-order valence-corrected chi connectivity index (χ2v) is 7.43. The molecule has 2 heterocycles. The molecule has 0 aromatic carbocycles. The van der Waals surface area contributed by atoms with Gasteiger partial charge in [0, 0.05) is 24.2 Å². The van der Waals surface area contributed by atoms with Crippen LogP contribution in [0.5, 0.6) is 0 Å². The largest absolute Gasteiger partial charge is 0.462 e. The molecule has 2 saturated carbocycles. The molecule has 2 saturated heterocycles. The van der Waals surface area contributed by atoms with Crippen molar-refractivity contribution in [1.82, 2.24) is 21.7 Å². The van der Waals surface area contributed by atoms with Gasteiger partial charge in [-0.2, -0.15) is 0 Å². The zero-order chi connectivity index (χ0) is 14.3. The van der Waals surface area contributed by atoms with Crippen molar-refractivity contribution < 1.29 is 9.53 Å². The highest BCUT2D eigenvalue weighted by Crippen LogP contribution is 2.36. The summed E-state index contributed by atoms with van der Waals surface area (Å²) in [7, 11) is 0. The Hall–Kier alpha value is -0.690. The van der Waals surface area contributed by atoms with E-state index in [4.69, 9.17) is 4.74 Å². The van der Waals surface area contributed by atoms with Gasteiger partial charge in [-0.3, -0.25) is 26.5 Å². The molecule has 21 heavy (non-hydrogen) atoms. The summed E-state index contributed by atoms with van der Waals surface area (Å²) >= 11 is 0. The molecule has 2 aliphatic carbocycles. The Kier molecular flexibility index (Phi) is 3.45. The van der Waals surface area contributed by atoms with Crippen molar-refractivity contribution in [3.63, 3.8) is 0 Å². The van der Waals surface area contributed by atoms with E-state index in [1.165, 1.54) is 0 Å². The Morgan fingerprint density at radius 2 is 1.33 bits per heavy atom. The molecule has 0 radical (unpaired) electrons. The Balaban J connectivity index is 1.23. The lowest BCUT2D eigenvalue weighted by atomic mass is 9.75. The molecular weight excluding hydrogens is 268 g/mol. The van der Waals surface area contributed by atoms with Crippen molar-refractivity contribution >= 4 is 5.97 Å². The van der Waals surface area contributed by atoms with Crippen molar-refractivity contribution in [3.05, 3.63) is 0 Å². The third kappa shape index (κ3) is 2.59. The smallest absolute Gasteiger partial charge is 0.309 e. The number of esters is 1. The fraction of sp³-hybridized carbons (Fsp3) is 0.933. The summed E-state index contributed by atoms with van der Waals surface area (Å²) in [5.74, 6) is 0.176. The monoisotopic (exact) mass is 294 g/mol. The second kappa shape index (κ2) is 5.19. The molecule has 0 atom stereocenters. The highest BCUT2D eigenvalue weighted by Gasteiger charge is 2.44. The maximum absolute atomic E-state index is 12.3. The van der Waals surface area contributed by atoms with Crippen LogP contribution < -0.4 is 21.7 Å². The van der Waals surface area contributed by atoms with Gasteiger partial charge in [0.15, 0.2) is 0 Å². The summed E-state index contributed by atoms with van der Waals surface area (Å²) < 4.78 is 5.79. The van der Waals surface area contributed by atoms with E-state index in [0.29, 0.717) is 5.54 Å². The second-order valence-electron chi connectivity index (χ2n) is 7.43. The average molecular weight is 294 g/mol. The number of hydrogen-bond donors (Lipinski definition) is 4. The average Bonchev–Trinajstić information content (AvgIpc) is 2.45. The van der Waals surface area contributed by atoms with Crippen LogP contribution in [0.1, 0.15) is 51.4 Å². The van der Waals surface area contributed by atoms with E-state index in [-0.39, 0.29) is 23.5 Å². The predicted molar refractivity (Wildman–Crippen MR) is 78.0 cm³/mol. The van der Waals surface area contributed by atoms with Gasteiger partial charge in [-0.1, -0.05) is 0 Å². The molecule has 0 aromatic rings. The third-order valence-corrected chi connectivity index (χ3v) is 6.01. The van der Waals surface area contributed by atoms with E-state index in [9.17, 15) is 4.79 Å². The molecule has 0 bridgehead atoms. The zero-order valence-electron chi connectivity index (χ0n) is 12.5. The number of hydrazine groups is 2. The quantitative estimate of drug-likeness (QED) is 0.551. The summed E-state index contributed by atoms with van der Waals surface area (Å²) in [6, 6.07) is 0. The van der Waals surface area contributed by atoms with Gasteiger partial charge in [-0.05, 0) is 51.4 Å². The van der Waals surface area contributed by atoms with E-state index < -0.39 is 0 Å². The van der Waals surface area contributed by atoms with Gasteiger partial charge < -0.3 is 4.74 Å². The Morgan fingerprint density at radius 3 is 1.76 bits per heavy atom. The van der Waals surface area contributed by atoms with Crippen molar-refractivity contribution in [3.8, 4) is 0 Å². The highest BCUT2D eigenvalue weighted by molar-refractivity contribution is 5.72. The number of rotatable bonds is 2. The fourth-order valence-electron chi connectivity index (χ4n) is 4.21. The van der Waals surface area contributed by atoms with E-state index in [0.717, 1.165) is 64.5 Å². The van der Waals surface area contributed by atoms with E-state index in [2.05, 4.69) is 21.7 Å². The topological polar surface area (TPSA) is 74.4 Å². The zero-order valence-corrected chi connectivity index (χ0v) is 12.5. The van der Waals surface area contributed by atoms with Crippen LogP contribution >= 0.6 is 0 Å². The van der Waals surface area contributed by atoms with Gasteiger partial charge >= 0.3 is 5.97 Å². The Morgan fingerprint density at radius 1 is 0.857 bits per heavy atom. The summed E-state index contributed by atoms with van der Waals surface area (Å²) in [5, 5.41) is 0. The van der Waals surface area contributed by atoms with Gasteiger partial charge in [-0.15, -0.1) is 0 Å². The molecule has 2 spiro atoms. The fourth-order valence-corrected chi connectivity index (χ4v) is 4.21. The number of carbonyl (C=O) groups is 1. The SMILES string of the molecule is O=C(OC1CCC2(CC1)CNN2)C1CCC2(CC1)CNN2. The molecule has 4 aliphatic rings. The maximum Gasteiger partial charge on any atom is 0.309 e. The van der Waals surface area contributed by atoms with Crippen LogP contribution in [0.3, 0.4) is 0 Å². The van der Waals surface area contributed by atoms with E-state index in [1.807, 2.05) is 0 Å². The molecule has 4 N–H and O–H groups in total. The number of nitrogens with one attached hydrogen (secondary N) is 4. The number of carbonyl (C=O) groups excluding carboxylic acids is 1. The lowest BCUT2D eigenvalue weighted by Crippen LogP contribution is -2.71. The lowest BCUT2D eigenvalue weighted by molar-refractivity contribution is -0.159. The molecule has 0 aromatic heterocycles. The van der Waals surface area contributed by atoms with Gasteiger partial charge in [0.2, 0.25) is 0 Å². The molecule has 4 rings (SSSR count). The molecule has 6 nitrogen and oxygen atoms in total. The first-order chi connectivity index (χ1) is 10.2. The Labute approximate surface area is 125 Å². The molecule has 0 unspecified atom stereocenters. The van der Waals surface area contributed by atoms with E-state index >= 15 is 0 Å². The van der Waals surface area contributed by atoms with Crippen LogP contribution in [0.15, 0.2) is 0 Å². The van der Waals surface area contributed by atoms with Gasteiger partial charge in [0.05, 0.1) is 5.92 Å². The van der Waals surface area contributed by atoms with Gasteiger partial charge in [0.1, 0.15) is 6.10 Å². The lowest BCUT2D eigenvalue weighted by Gasteiger charge is -2.48. The maximum atomic E-state index is 12.3. The molecule has 2 aliphatic heterocycles. The minimum atomic E-state index is 0.0535. The first-order valence-electron chi connectivity index (χ1n) is 8.39. The third-order valence-electron chi connectivity index (χ3n) is 6.01. The standard InChI is InChI=1S/C15H26N4O2/c20-13(11-1-5-14(6-2-11)9-16-18-14)21-12-3-7-15(8-4-12)10-17-19-15/h11-12,16-19H,1-10H2. The highest BCUT2D eigenvalue weighted by atomic mass is 16.5. The first-order valence-corrected chi connectivity index (χ1v) is 8.39. The predicted octanol–water partition coefficient (Wildman–Crippen LogP) is 0.356. The minimum Gasteiger partial charge on any atom is -0.462 e. The molecular formula is C15H26N4O2. The summed E-state index contributed by atoms with van der Waals surface area (Å²) in [5.41, 5.74) is 13.4. The van der Waals surface area contributed by atoms with Crippen molar-refractivity contribution in [2.45, 2.75) is 68.5 Å². The molecule has 0 amide bonds. The summed E-state index contributed by atoms with van der Waals surface area (Å²) in [6.45, 7) is 2.10. The number of ether oxygens (including phenoxy) is 1. The van der Waals surface area contributed by atoms with Crippen LogP contribution in [-0.4, -0.2) is 36.2 Å². The Bertz CT molecular complexity index is 400. The van der Waals surface area contributed by atoms with Gasteiger partial charge in [0.25, 0.3) is 0 Å². The van der Waals surface area contributed by atoms with Crippen molar-refractivity contribution in [1.29, 1.82) is 0 Å². The van der Waals surface area contributed by atoms with Gasteiger partial charge in [-0.25, -0.2) is 0 Å². The molecule has 6 heteroatoms. The summed E-state index contributed by atoms with van der Waals surface area (Å²) in [4.78, 5) is 12.3. The molecule has 4 fully saturated rings. The minimum absolute atomic E-state index is 0.0535. The van der Waals surface area contributed by atoms with E-state index in [1.54, 1.807) is 0 Å². The van der Waals surface area contributed by atoms with Crippen LogP contribution in [-0.2, 0) is 9.53 Å². The normalized spacial score (nSPS) is 45.9. The van der Waals surface area contributed by atoms with Crippen LogP contribution in [0.4, 0.5) is 0 Å². The molecule has 118 valence electrons. The van der Waals surface area contributed by atoms with Crippen molar-refractivity contribution in [2.24, 2.45) is 5.92 Å².